The Morgan fingerprint density at radius 2 is 1.77 bits per heavy atom. The summed E-state index contributed by atoms with van der Waals surface area (Å²) in [7, 11) is 4.74. The summed E-state index contributed by atoms with van der Waals surface area (Å²) in [5, 5.41) is 7.57. The Morgan fingerprint density at radius 3 is 2.54 bits per heavy atom. The van der Waals surface area contributed by atoms with E-state index in [9.17, 15) is 14.4 Å². The molecule has 10 nitrogen and oxygen atoms in total. The predicted molar refractivity (Wildman–Crippen MR) is 187 cm³/mol. The van der Waals surface area contributed by atoms with Crippen molar-refractivity contribution in [2.24, 2.45) is 0 Å². The number of H-pyrrole nitrogens is 1. The lowest BCUT2D eigenvalue weighted by Gasteiger charge is -2.27. The second-order valence-electron chi connectivity index (χ2n) is 12.5. The van der Waals surface area contributed by atoms with Gasteiger partial charge in [-0.05, 0) is 66.6 Å². The first-order valence-corrected chi connectivity index (χ1v) is 16.7. The average Bonchev–Trinajstić information content (AvgIpc) is 3.30. The summed E-state index contributed by atoms with van der Waals surface area (Å²) < 4.78 is 17.2. The summed E-state index contributed by atoms with van der Waals surface area (Å²) >= 11 is 0. The Balaban J connectivity index is 1.12. The van der Waals surface area contributed by atoms with E-state index in [2.05, 4.69) is 27.8 Å². The maximum absolute atomic E-state index is 13.6. The van der Waals surface area contributed by atoms with Crippen LogP contribution in [0.15, 0.2) is 53.3 Å². The summed E-state index contributed by atoms with van der Waals surface area (Å²) in [6.45, 7) is 3.47. The van der Waals surface area contributed by atoms with E-state index in [4.69, 9.17) is 14.2 Å². The van der Waals surface area contributed by atoms with Crippen molar-refractivity contribution in [3.63, 3.8) is 0 Å². The molecule has 0 radical (unpaired) electrons. The molecule has 1 atom stereocenters. The van der Waals surface area contributed by atoms with Crippen molar-refractivity contribution in [3.05, 3.63) is 81.1 Å². The molecule has 1 aliphatic heterocycles. The topological polar surface area (TPSA) is 122 Å². The molecule has 2 heterocycles. The second kappa shape index (κ2) is 14.4. The van der Waals surface area contributed by atoms with Gasteiger partial charge in [0.1, 0.15) is 0 Å². The van der Waals surface area contributed by atoms with Crippen LogP contribution in [0.25, 0.3) is 22.0 Å². The number of carbonyl (C=O) groups is 2. The lowest BCUT2D eigenvalue weighted by atomic mass is 9.95. The van der Waals surface area contributed by atoms with Crippen LogP contribution in [0.3, 0.4) is 0 Å². The SMILES string of the molecule is COc1cc2c(c(OC)c1OC)-c1ccc(NCCCCCC(=O)N3CCc4[nH]c5ccccc5c4C3)c(=O)cc1C(NC(C)=O)CC2. The number of methoxy groups -OCH3 is 3. The van der Waals surface area contributed by atoms with E-state index in [0.29, 0.717) is 55.3 Å². The normalized spacial score (nSPS) is 15.1. The molecule has 0 saturated heterocycles. The first-order chi connectivity index (χ1) is 23.3. The number of hydrogen-bond donors (Lipinski definition) is 3. The van der Waals surface area contributed by atoms with E-state index in [1.807, 2.05) is 29.2 Å². The number of ether oxygens (including phenoxy) is 3. The zero-order valence-electron chi connectivity index (χ0n) is 28.2. The highest BCUT2D eigenvalue weighted by Gasteiger charge is 2.29. The number of anilines is 1. The van der Waals surface area contributed by atoms with E-state index in [-0.39, 0.29) is 23.3 Å². The van der Waals surface area contributed by atoms with Gasteiger partial charge in [0.05, 0.1) is 33.1 Å². The number of carbonyl (C=O) groups excluding carboxylic acids is 2. The summed E-state index contributed by atoms with van der Waals surface area (Å²) in [5.41, 5.74) is 7.24. The van der Waals surface area contributed by atoms with Crippen molar-refractivity contribution >= 4 is 28.4 Å². The fourth-order valence-corrected chi connectivity index (χ4v) is 7.19. The molecule has 2 amide bonds. The Bertz CT molecular complexity index is 1900. The van der Waals surface area contributed by atoms with Gasteiger partial charge in [0.15, 0.2) is 11.5 Å². The van der Waals surface area contributed by atoms with Gasteiger partial charge >= 0.3 is 0 Å². The van der Waals surface area contributed by atoms with E-state index >= 15 is 0 Å². The number of fused-ring (bicyclic) bond motifs is 6. The van der Waals surface area contributed by atoms with Crippen LogP contribution in [0.4, 0.5) is 5.69 Å². The van der Waals surface area contributed by atoms with Crippen molar-refractivity contribution in [2.45, 2.75) is 64.5 Å². The third-order valence-corrected chi connectivity index (χ3v) is 9.53. The molecule has 0 saturated carbocycles. The van der Waals surface area contributed by atoms with Crippen molar-refractivity contribution in [1.82, 2.24) is 15.2 Å². The largest absolute Gasteiger partial charge is 0.493 e. The maximum atomic E-state index is 13.6. The van der Waals surface area contributed by atoms with Crippen LogP contribution in [0.1, 0.15) is 67.5 Å². The highest BCUT2D eigenvalue weighted by atomic mass is 16.5. The number of aryl methyl sites for hydroxylation is 1. The molecule has 0 bridgehead atoms. The van der Waals surface area contributed by atoms with Crippen molar-refractivity contribution < 1.29 is 23.8 Å². The van der Waals surface area contributed by atoms with Gasteiger partial charge in [-0.1, -0.05) is 30.7 Å². The lowest BCUT2D eigenvalue weighted by Crippen LogP contribution is -2.35. The number of para-hydroxylation sites is 1. The highest BCUT2D eigenvalue weighted by molar-refractivity contribution is 5.86. The smallest absolute Gasteiger partial charge is 0.222 e. The third kappa shape index (κ3) is 6.56. The van der Waals surface area contributed by atoms with Gasteiger partial charge in [0.25, 0.3) is 0 Å². The minimum atomic E-state index is -0.362. The molecule has 6 rings (SSSR count). The molecule has 1 aliphatic carbocycles. The van der Waals surface area contributed by atoms with Gasteiger partial charge in [0, 0.05) is 67.1 Å². The Hall–Kier alpha value is -4.99. The van der Waals surface area contributed by atoms with Crippen LogP contribution in [0.5, 0.6) is 17.2 Å². The molecule has 0 spiro atoms. The van der Waals surface area contributed by atoms with Gasteiger partial charge < -0.3 is 34.7 Å². The molecule has 1 aromatic heterocycles. The standard InChI is InChI=1S/C38H44N4O6/c1-23(43)40-30-15-13-24-20-34(46-2)37(47-3)38(48-4)36(24)26-14-16-32(33(44)21-27(26)30)39-18-9-5-6-12-35(45)42-19-17-31-28(22-42)25-10-7-8-11-29(25)41-31/h7-8,10-11,14,16,20-21,30,41H,5-6,9,12-13,15,17-19,22H2,1-4H3,(H,39,44)(H,40,43). The molecule has 10 heteroatoms. The van der Waals surface area contributed by atoms with E-state index in [0.717, 1.165) is 60.0 Å². The van der Waals surface area contributed by atoms with E-state index in [1.54, 1.807) is 33.5 Å². The summed E-state index contributed by atoms with van der Waals surface area (Å²) in [6.07, 6.45) is 5.07. The first kappa shape index (κ1) is 32.9. The van der Waals surface area contributed by atoms with Crippen molar-refractivity contribution in [1.29, 1.82) is 0 Å². The predicted octanol–water partition coefficient (Wildman–Crippen LogP) is 5.90. The first-order valence-electron chi connectivity index (χ1n) is 16.7. The zero-order valence-corrected chi connectivity index (χ0v) is 28.2. The fraction of sp³-hybridized carbons (Fsp3) is 0.395. The fourth-order valence-electron chi connectivity index (χ4n) is 7.19. The number of rotatable bonds is 11. The maximum Gasteiger partial charge on any atom is 0.222 e. The molecule has 2 aliphatic rings. The van der Waals surface area contributed by atoms with Gasteiger partial charge in [-0.15, -0.1) is 0 Å². The van der Waals surface area contributed by atoms with E-state index in [1.165, 1.54) is 23.6 Å². The van der Waals surface area contributed by atoms with Crippen LogP contribution in [-0.2, 0) is 29.0 Å². The summed E-state index contributed by atoms with van der Waals surface area (Å²) in [5.74, 6) is 1.57. The molecule has 3 aromatic carbocycles. The second-order valence-corrected chi connectivity index (χ2v) is 12.5. The highest BCUT2D eigenvalue weighted by Crippen LogP contribution is 2.50. The summed E-state index contributed by atoms with van der Waals surface area (Å²) in [4.78, 5) is 44.3. The minimum Gasteiger partial charge on any atom is -0.493 e. The number of benzene rings is 2. The summed E-state index contributed by atoms with van der Waals surface area (Å²) in [6, 6.07) is 15.2. The molecule has 1 unspecified atom stereocenters. The Morgan fingerprint density at radius 1 is 0.958 bits per heavy atom. The number of amides is 2. The number of nitrogens with zero attached hydrogens (tertiary/aromatic N) is 1. The van der Waals surface area contributed by atoms with E-state index < -0.39 is 0 Å². The number of unbranched alkanes of at least 4 members (excludes halogenated alkanes) is 2. The van der Waals surface area contributed by atoms with Crippen LogP contribution >= 0.6 is 0 Å². The van der Waals surface area contributed by atoms with Crippen molar-refractivity contribution in [2.75, 3.05) is 39.7 Å². The van der Waals surface area contributed by atoms with Gasteiger partial charge in [-0.2, -0.15) is 0 Å². The van der Waals surface area contributed by atoms with Gasteiger partial charge in [-0.25, -0.2) is 0 Å². The molecule has 3 N–H and O–H groups in total. The van der Waals surface area contributed by atoms with Crippen LogP contribution in [0, 0.1) is 0 Å². The monoisotopic (exact) mass is 652 g/mol. The molecular weight excluding hydrogens is 608 g/mol. The van der Waals surface area contributed by atoms with Crippen LogP contribution in [-0.4, -0.2) is 56.1 Å². The molecule has 4 aromatic rings. The van der Waals surface area contributed by atoms with Crippen molar-refractivity contribution in [3.8, 4) is 28.4 Å². The molecule has 252 valence electrons. The molecule has 0 fully saturated rings. The number of aromatic nitrogens is 1. The van der Waals surface area contributed by atoms with Crippen LogP contribution < -0.4 is 30.3 Å². The zero-order chi connectivity index (χ0) is 33.8. The Kier molecular flexibility index (Phi) is 9.89. The number of hydrogen-bond acceptors (Lipinski definition) is 7. The van der Waals surface area contributed by atoms with Crippen LogP contribution in [0.2, 0.25) is 0 Å². The third-order valence-electron chi connectivity index (χ3n) is 9.53. The molecular formula is C38H44N4O6. The Labute approximate surface area is 280 Å². The van der Waals surface area contributed by atoms with Gasteiger partial charge in [-0.3, -0.25) is 14.4 Å². The lowest BCUT2D eigenvalue weighted by molar-refractivity contribution is -0.132. The van der Waals surface area contributed by atoms with Gasteiger partial charge in [0.2, 0.25) is 23.0 Å². The number of nitrogens with one attached hydrogen (secondary N) is 3. The minimum absolute atomic E-state index is 0.161. The quantitative estimate of drug-likeness (QED) is 0.173. The molecule has 48 heavy (non-hydrogen) atoms. The number of aromatic amines is 1. The average molecular weight is 653 g/mol.